The van der Waals surface area contributed by atoms with Crippen molar-refractivity contribution in [2.75, 3.05) is 14.1 Å². The number of carboxylic acid groups (broad SMARTS) is 1. The minimum Gasteiger partial charge on any atom is -0.478 e. The average Bonchev–Trinajstić information content (AvgIpc) is 2.59. The van der Waals surface area contributed by atoms with Gasteiger partial charge < -0.3 is 10.0 Å². The van der Waals surface area contributed by atoms with Gasteiger partial charge in [-0.1, -0.05) is 24.3 Å². The standard InChI is InChI=1S/C18H20N2O4S/c1-20(2)13-19-25(23,24)17-5-3-4-15(12-17)7-6-14-8-10-16(11-9-14)18(21)22/h3-5,8-13H,6-7H2,1-2H3,(H,21,22). The quantitative estimate of drug-likeness (QED) is 0.605. The summed E-state index contributed by atoms with van der Waals surface area (Å²) in [6.07, 6.45) is 2.59. The number of aromatic carboxylic acids is 1. The van der Waals surface area contributed by atoms with E-state index in [1.807, 2.05) is 6.07 Å². The molecule has 0 saturated carbocycles. The molecule has 132 valence electrons. The molecule has 1 N–H and O–H groups in total. The lowest BCUT2D eigenvalue weighted by Crippen LogP contribution is -2.10. The molecule has 0 amide bonds. The molecule has 2 rings (SSSR count). The van der Waals surface area contributed by atoms with Crippen LogP contribution in [0.4, 0.5) is 0 Å². The molecule has 2 aromatic rings. The second-order valence-corrected chi connectivity index (χ2v) is 7.44. The zero-order valence-electron chi connectivity index (χ0n) is 14.1. The Labute approximate surface area is 147 Å². The van der Waals surface area contributed by atoms with Crippen LogP contribution < -0.4 is 0 Å². The largest absolute Gasteiger partial charge is 0.478 e. The first-order valence-corrected chi connectivity index (χ1v) is 9.10. The molecular formula is C18H20N2O4S. The van der Waals surface area contributed by atoms with Crippen molar-refractivity contribution in [1.29, 1.82) is 0 Å². The third kappa shape index (κ3) is 5.42. The Kier molecular flexibility index (Phi) is 5.93. The molecule has 0 fully saturated rings. The Bertz CT molecular complexity index is 872. The highest BCUT2D eigenvalue weighted by Crippen LogP contribution is 2.16. The lowest BCUT2D eigenvalue weighted by molar-refractivity contribution is 0.0697. The van der Waals surface area contributed by atoms with Crippen molar-refractivity contribution < 1.29 is 18.3 Å². The zero-order chi connectivity index (χ0) is 18.4. The summed E-state index contributed by atoms with van der Waals surface area (Å²) in [6, 6.07) is 13.4. The molecule has 0 aliphatic carbocycles. The Hall–Kier alpha value is -2.67. The van der Waals surface area contributed by atoms with Gasteiger partial charge in [-0.3, -0.25) is 0 Å². The van der Waals surface area contributed by atoms with Crippen LogP contribution >= 0.6 is 0 Å². The van der Waals surface area contributed by atoms with Gasteiger partial charge in [-0.15, -0.1) is 4.40 Å². The maximum atomic E-state index is 12.2. The Morgan fingerprint density at radius 3 is 2.32 bits per heavy atom. The van der Waals surface area contributed by atoms with E-state index in [-0.39, 0.29) is 10.5 Å². The summed E-state index contributed by atoms with van der Waals surface area (Å²) >= 11 is 0. The minimum absolute atomic E-state index is 0.157. The molecule has 0 saturated heterocycles. The maximum absolute atomic E-state index is 12.2. The predicted molar refractivity (Wildman–Crippen MR) is 96.6 cm³/mol. The van der Waals surface area contributed by atoms with Crippen LogP contribution in [0.2, 0.25) is 0 Å². The number of carbonyl (C=O) groups is 1. The first-order chi connectivity index (χ1) is 11.8. The number of rotatable bonds is 7. The van der Waals surface area contributed by atoms with E-state index < -0.39 is 16.0 Å². The summed E-state index contributed by atoms with van der Waals surface area (Å²) in [7, 11) is -0.314. The summed E-state index contributed by atoms with van der Waals surface area (Å²) in [5, 5.41) is 8.90. The number of sulfonamides is 1. The van der Waals surface area contributed by atoms with Gasteiger partial charge in [-0.25, -0.2) is 4.79 Å². The Balaban J connectivity index is 2.10. The van der Waals surface area contributed by atoms with Crippen LogP contribution in [0.5, 0.6) is 0 Å². The number of benzene rings is 2. The lowest BCUT2D eigenvalue weighted by Gasteiger charge is -2.06. The van der Waals surface area contributed by atoms with Crippen molar-refractivity contribution >= 4 is 22.3 Å². The second kappa shape index (κ2) is 7.94. The average molecular weight is 360 g/mol. The van der Waals surface area contributed by atoms with E-state index in [0.29, 0.717) is 12.8 Å². The topological polar surface area (TPSA) is 87.0 Å². The van der Waals surface area contributed by atoms with E-state index in [1.54, 1.807) is 55.4 Å². The Morgan fingerprint density at radius 1 is 1.08 bits per heavy atom. The van der Waals surface area contributed by atoms with E-state index in [4.69, 9.17) is 5.11 Å². The van der Waals surface area contributed by atoms with Crippen LogP contribution in [0.25, 0.3) is 0 Å². The third-order valence-corrected chi connectivity index (χ3v) is 4.74. The summed E-state index contributed by atoms with van der Waals surface area (Å²) < 4.78 is 28.0. The number of nitrogens with zero attached hydrogens (tertiary/aromatic N) is 2. The van der Waals surface area contributed by atoms with Gasteiger partial charge in [0.15, 0.2) is 0 Å². The summed E-state index contributed by atoms with van der Waals surface area (Å²) in [4.78, 5) is 12.6. The molecule has 0 bridgehead atoms. The molecular weight excluding hydrogens is 340 g/mol. The zero-order valence-corrected chi connectivity index (χ0v) is 14.9. The van der Waals surface area contributed by atoms with Crippen LogP contribution in [0, 0.1) is 0 Å². The molecule has 25 heavy (non-hydrogen) atoms. The fourth-order valence-corrected chi connectivity index (χ4v) is 3.17. The van der Waals surface area contributed by atoms with Crippen molar-refractivity contribution in [2.24, 2.45) is 4.40 Å². The molecule has 0 spiro atoms. The SMILES string of the molecule is CN(C)C=NS(=O)(=O)c1cccc(CCc2ccc(C(=O)O)cc2)c1. The molecule has 0 aromatic heterocycles. The van der Waals surface area contributed by atoms with Gasteiger partial charge in [0.05, 0.1) is 10.5 Å². The highest BCUT2D eigenvalue weighted by Gasteiger charge is 2.12. The van der Waals surface area contributed by atoms with Gasteiger partial charge in [0.1, 0.15) is 6.34 Å². The monoisotopic (exact) mass is 360 g/mol. The van der Waals surface area contributed by atoms with Crippen LogP contribution in [-0.2, 0) is 22.9 Å². The third-order valence-electron chi connectivity index (χ3n) is 3.52. The van der Waals surface area contributed by atoms with Gasteiger partial charge in [0, 0.05) is 14.1 Å². The van der Waals surface area contributed by atoms with E-state index in [2.05, 4.69) is 4.40 Å². The normalized spacial score (nSPS) is 11.6. The van der Waals surface area contributed by atoms with Crippen molar-refractivity contribution in [3.63, 3.8) is 0 Å². The molecule has 7 heteroatoms. The first-order valence-electron chi connectivity index (χ1n) is 7.66. The van der Waals surface area contributed by atoms with Crippen LogP contribution in [-0.4, -0.2) is 44.8 Å². The molecule has 0 aliphatic heterocycles. The van der Waals surface area contributed by atoms with Gasteiger partial charge in [-0.2, -0.15) is 8.42 Å². The summed E-state index contributed by atoms with van der Waals surface area (Å²) in [5.41, 5.74) is 2.11. The van der Waals surface area contributed by atoms with E-state index in [0.717, 1.165) is 11.1 Å². The van der Waals surface area contributed by atoms with Gasteiger partial charge in [0.2, 0.25) is 0 Å². The predicted octanol–water partition coefficient (Wildman–Crippen LogP) is 2.45. The molecule has 0 unspecified atom stereocenters. The fourth-order valence-electron chi connectivity index (χ4n) is 2.18. The number of aryl methyl sites for hydroxylation is 2. The summed E-state index contributed by atoms with van der Waals surface area (Å²) in [5.74, 6) is -0.956. The first kappa shape index (κ1) is 18.7. The van der Waals surface area contributed by atoms with Crippen LogP contribution in [0.15, 0.2) is 57.8 Å². The van der Waals surface area contributed by atoms with E-state index >= 15 is 0 Å². The van der Waals surface area contributed by atoms with Crippen molar-refractivity contribution in [2.45, 2.75) is 17.7 Å². The van der Waals surface area contributed by atoms with Crippen LogP contribution in [0.1, 0.15) is 21.5 Å². The highest BCUT2D eigenvalue weighted by molar-refractivity contribution is 7.90. The summed E-state index contributed by atoms with van der Waals surface area (Å²) in [6.45, 7) is 0. The molecule has 0 radical (unpaired) electrons. The maximum Gasteiger partial charge on any atom is 0.335 e. The number of carboxylic acids is 1. The van der Waals surface area contributed by atoms with E-state index in [9.17, 15) is 13.2 Å². The van der Waals surface area contributed by atoms with Gasteiger partial charge in [-0.05, 0) is 48.2 Å². The molecule has 2 aromatic carbocycles. The van der Waals surface area contributed by atoms with Crippen molar-refractivity contribution in [3.8, 4) is 0 Å². The van der Waals surface area contributed by atoms with Crippen LogP contribution in [0.3, 0.4) is 0 Å². The van der Waals surface area contributed by atoms with E-state index in [1.165, 1.54) is 12.4 Å². The highest BCUT2D eigenvalue weighted by atomic mass is 32.2. The Morgan fingerprint density at radius 2 is 1.72 bits per heavy atom. The smallest absolute Gasteiger partial charge is 0.335 e. The lowest BCUT2D eigenvalue weighted by atomic mass is 10.0. The molecule has 0 heterocycles. The second-order valence-electron chi connectivity index (χ2n) is 5.81. The number of hydrogen-bond donors (Lipinski definition) is 1. The van der Waals surface area contributed by atoms with Crippen molar-refractivity contribution in [3.05, 3.63) is 65.2 Å². The number of hydrogen-bond acceptors (Lipinski definition) is 3. The minimum atomic E-state index is -3.71. The molecule has 6 nitrogen and oxygen atoms in total. The van der Waals surface area contributed by atoms with Crippen molar-refractivity contribution in [1.82, 2.24) is 4.90 Å². The van der Waals surface area contributed by atoms with Gasteiger partial charge in [0.25, 0.3) is 10.0 Å². The molecule has 0 aliphatic rings. The molecule has 0 atom stereocenters. The van der Waals surface area contributed by atoms with Gasteiger partial charge >= 0.3 is 5.97 Å². The fraction of sp³-hybridized carbons (Fsp3) is 0.222.